The third kappa shape index (κ3) is 1.75. The molecule has 2 rings (SSSR count). The monoisotopic (exact) mass is 254 g/mol. The Morgan fingerprint density at radius 2 is 1.94 bits per heavy atom. The minimum atomic E-state index is -0.895. The summed E-state index contributed by atoms with van der Waals surface area (Å²) in [6.45, 7) is 9.92. The molecule has 0 aliphatic heterocycles. The highest BCUT2D eigenvalue weighted by Gasteiger charge is 2.61. The lowest BCUT2D eigenvalue weighted by Crippen LogP contribution is -2.66. The Hall–Kier alpha value is -0.380. The number of allylic oxidation sites excluding steroid dienone is 1. The van der Waals surface area contributed by atoms with Crippen molar-refractivity contribution in [2.24, 2.45) is 17.3 Å². The normalized spacial score (nSPS) is 52.8. The Bertz CT molecular complexity index is 354. The minimum Gasteiger partial charge on any atom is -0.390 e. The van der Waals surface area contributed by atoms with Crippen molar-refractivity contribution in [3.8, 4) is 0 Å². The van der Waals surface area contributed by atoms with Crippen LogP contribution in [0.4, 0.5) is 0 Å². The summed E-state index contributed by atoms with van der Waals surface area (Å²) < 4.78 is 0. The molecular formula is C15H26O3. The van der Waals surface area contributed by atoms with E-state index in [-0.39, 0.29) is 5.92 Å². The standard InChI is InChI=1S/C15H26O3/c1-9(2)11-5-6-14(4)13(17)12(16)7-10(3)15(14,18)8-11/h10-13,16-18H,1,5-8H2,2-4H3/t10-,11+,12-,13+,14-,15+/m0/s1. The van der Waals surface area contributed by atoms with Crippen molar-refractivity contribution in [2.75, 3.05) is 0 Å². The molecule has 6 atom stereocenters. The van der Waals surface area contributed by atoms with Crippen LogP contribution in [-0.4, -0.2) is 33.1 Å². The van der Waals surface area contributed by atoms with Gasteiger partial charge in [0.1, 0.15) is 0 Å². The third-order valence-electron chi connectivity index (χ3n) is 5.68. The van der Waals surface area contributed by atoms with Gasteiger partial charge in [0.05, 0.1) is 17.8 Å². The van der Waals surface area contributed by atoms with Gasteiger partial charge in [-0.1, -0.05) is 26.0 Å². The molecule has 3 nitrogen and oxygen atoms in total. The first-order chi connectivity index (χ1) is 8.22. The molecule has 0 saturated heterocycles. The Balaban J connectivity index is 2.35. The van der Waals surface area contributed by atoms with Crippen LogP contribution in [0.15, 0.2) is 12.2 Å². The molecule has 2 fully saturated rings. The summed E-state index contributed by atoms with van der Waals surface area (Å²) in [5.74, 6) is 0.330. The van der Waals surface area contributed by atoms with E-state index in [9.17, 15) is 15.3 Å². The number of aliphatic hydroxyl groups excluding tert-OH is 2. The van der Waals surface area contributed by atoms with Gasteiger partial charge in [-0.15, -0.1) is 0 Å². The predicted molar refractivity (Wildman–Crippen MR) is 71.0 cm³/mol. The van der Waals surface area contributed by atoms with Crippen molar-refractivity contribution >= 4 is 0 Å². The molecule has 18 heavy (non-hydrogen) atoms. The van der Waals surface area contributed by atoms with E-state index < -0.39 is 23.2 Å². The average Bonchev–Trinajstić information content (AvgIpc) is 2.29. The fraction of sp³-hybridized carbons (Fsp3) is 0.867. The van der Waals surface area contributed by atoms with E-state index in [1.165, 1.54) is 0 Å². The second kappa shape index (κ2) is 4.32. The molecule has 0 bridgehead atoms. The molecule has 0 aromatic carbocycles. The van der Waals surface area contributed by atoms with E-state index in [1.807, 2.05) is 20.8 Å². The summed E-state index contributed by atoms with van der Waals surface area (Å²) >= 11 is 0. The fourth-order valence-electron chi connectivity index (χ4n) is 4.10. The topological polar surface area (TPSA) is 60.7 Å². The SMILES string of the molecule is C=C(C)[C@@H]1CC[C@@]2(C)[C@H](O)[C@@H](O)C[C@H](C)[C@]2(O)C1. The first kappa shape index (κ1) is 14.0. The number of fused-ring (bicyclic) bond motifs is 1. The van der Waals surface area contributed by atoms with Gasteiger partial charge in [-0.2, -0.15) is 0 Å². The molecule has 0 aromatic heterocycles. The molecule has 0 radical (unpaired) electrons. The van der Waals surface area contributed by atoms with Crippen LogP contribution >= 0.6 is 0 Å². The number of hydrogen-bond donors (Lipinski definition) is 3. The van der Waals surface area contributed by atoms with E-state index in [1.54, 1.807) is 0 Å². The van der Waals surface area contributed by atoms with E-state index in [0.717, 1.165) is 18.4 Å². The van der Waals surface area contributed by atoms with E-state index in [2.05, 4.69) is 6.58 Å². The summed E-state index contributed by atoms with van der Waals surface area (Å²) in [5.41, 5.74) is -0.387. The van der Waals surface area contributed by atoms with Gasteiger partial charge in [0.2, 0.25) is 0 Å². The van der Waals surface area contributed by atoms with Crippen molar-refractivity contribution in [3.05, 3.63) is 12.2 Å². The summed E-state index contributed by atoms with van der Waals surface area (Å²) in [4.78, 5) is 0. The third-order valence-corrected chi connectivity index (χ3v) is 5.68. The minimum absolute atomic E-state index is 0.00282. The highest BCUT2D eigenvalue weighted by Crippen LogP contribution is 2.57. The quantitative estimate of drug-likeness (QED) is 0.626. The van der Waals surface area contributed by atoms with Gasteiger partial charge in [0, 0.05) is 5.41 Å². The molecule has 0 unspecified atom stereocenters. The highest BCUT2D eigenvalue weighted by atomic mass is 16.3. The number of aliphatic hydroxyl groups is 3. The fourth-order valence-corrected chi connectivity index (χ4v) is 4.10. The van der Waals surface area contributed by atoms with Crippen LogP contribution in [0, 0.1) is 17.3 Å². The molecule has 0 aromatic rings. The molecular weight excluding hydrogens is 228 g/mol. The zero-order valence-corrected chi connectivity index (χ0v) is 11.7. The average molecular weight is 254 g/mol. The summed E-state index contributed by atoms with van der Waals surface area (Å²) in [6.07, 6.45) is 1.25. The van der Waals surface area contributed by atoms with E-state index in [4.69, 9.17) is 0 Å². The van der Waals surface area contributed by atoms with Crippen LogP contribution in [0.25, 0.3) is 0 Å². The maximum Gasteiger partial charge on any atom is 0.0880 e. The van der Waals surface area contributed by atoms with Crippen LogP contribution in [-0.2, 0) is 0 Å². The van der Waals surface area contributed by atoms with Gasteiger partial charge >= 0.3 is 0 Å². The summed E-state index contributed by atoms with van der Waals surface area (Å²) in [6, 6.07) is 0. The Labute approximate surface area is 110 Å². The predicted octanol–water partition coefficient (Wildman–Crippen LogP) is 1.86. The van der Waals surface area contributed by atoms with Crippen LogP contribution in [0.1, 0.15) is 46.5 Å². The van der Waals surface area contributed by atoms with E-state index in [0.29, 0.717) is 18.8 Å². The van der Waals surface area contributed by atoms with Crippen LogP contribution in [0.2, 0.25) is 0 Å². The van der Waals surface area contributed by atoms with Crippen molar-refractivity contribution < 1.29 is 15.3 Å². The molecule has 0 heterocycles. The highest BCUT2D eigenvalue weighted by molar-refractivity contribution is 5.15. The first-order valence-electron chi connectivity index (χ1n) is 6.96. The lowest BCUT2D eigenvalue weighted by Gasteiger charge is -2.60. The smallest absolute Gasteiger partial charge is 0.0880 e. The van der Waals surface area contributed by atoms with Gasteiger partial charge in [0.15, 0.2) is 0 Å². The van der Waals surface area contributed by atoms with Gasteiger partial charge < -0.3 is 15.3 Å². The first-order valence-corrected chi connectivity index (χ1v) is 6.96. The van der Waals surface area contributed by atoms with Crippen molar-refractivity contribution in [1.29, 1.82) is 0 Å². The summed E-state index contributed by atoms with van der Waals surface area (Å²) in [5, 5.41) is 31.4. The Morgan fingerprint density at radius 1 is 1.33 bits per heavy atom. The Morgan fingerprint density at radius 3 is 2.50 bits per heavy atom. The second-order valence-corrected chi connectivity index (χ2v) is 6.78. The largest absolute Gasteiger partial charge is 0.390 e. The van der Waals surface area contributed by atoms with Crippen LogP contribution in [0.3, 0.4) is 0 Å². The molecule has 3 N–H and O–H groups in total. The molecule has 2 aliphatic rings. The van der Waals surface area contributed by atoms with Crippen molar-refractivity contribution in [2.45, 2.75) is 64.3 Å². The molecule has 0 amide bonds. The molecule has 3 heteroatoms. The van der Waals surface area contributed by atoms with E-state index >= 15 is 0 Å². The zero-order valence-electron chi connectivity index (χ0n) is 11.7. The maximum absolute atomic E-state index is 11.1. The lowest BCUT2D eigenvalue weighted by molar-refractivity contribution is -0.246. The molecule has 104 valence electrons. The lowest BCUT2D eigenvalue weighted by atomic mass is 9.50. The van der Waals surface area contributed by atoms with Gasteiger partial charge in [0.25, 0.3) is 0 Å². The molecule has 2 saturated carbocycles. The number of hydrogen-bond acceptors (Lipinski definition) is 3. The van der Waals surface area contributed by atoms with Gasteiger partial charge in [-0.05, 0) is 44.4 Å². The zero-order chi connectivity index (χ0) is 13.7. The Kier molecular flexibility index (Phi) is 3.37. The maximum atomic E-state index is 11.1. The van der Waals surface area contributed by atoms with Gasteiger partial charge in [-0.25, -0.2) is 0 Å². The van der Waals surface area contributed by atoms with Gasteiger partial charge in [-0.3, -0.25) is 0 Å². The molecule has 0 spiro atoms. The van der Waals surface area contributed by atoms with Crippen LogP contribution < -0.4 is 0 Å². The van der Waals surface area contributed by atoms with Crippen molar-refractivity contribution in [1.82, 2.24) is 0 Å². The molecule has 2 aliphatic carbocycles. The van der Waals surface area contributed by atoms with Crippen molar-refractivity contribution in [3.63, 3.8) is 0 Å². The summed E-state index contributed by atoms with van der Waals surface area (Å²) in [7, 11) is 0. The second-order valence-electron chi connectivity index (χ2n) is 6.78. The van der Waals surface area contributed by atoms with Crippen LogP contribution in [0.5, 0.6) is 0 Å². The number of rotatable bonds is 1.